The Morgan fingerprint density at radius 2 is 2.00 bits per heavy atom. The second-order valence-corrected chi connectivity index (χ2v) is 3.58. The number of ether oxygens (including phenoxy) is 2. The number of carbonyl (C=O) groups excluding carboxylic acids is 2. The monoisotopic (exact) mass is 242 g/mol. The molecule has 0 saturated carbocycles. The summed E-state index contributed by atoms with van der Waals surface area (Å²) in [4.78, 5) is 21.9. The molecule has 0 unspecified atom stereocenters. The zero-order valence-electron chi connectivity index (χ0n) is 8.95. The highest BCUT2D eigenvalue weighted by Crippen LogP contribution is 2.30. The predicted octanol–water partition coefficient (Wildman–Crippen LogP) is 2.23. The smallest absolute Gasteiger partial charge is 0.318 e. The Morgan fingerprint density at radius 3 is 2.56 bits per heavy atom. The van der Waals surface area contributed by atoms with Crippen LogP contribution in [0.15, 0.2) is 18.2 Å². The van der Waals surface area contributed by atoms with Crippen molar-refractivity contribution < 1.29 is 19.1 Å². The van der Waals surface area contributed by atoms with Crippen LogP contribution in [0.2, 0.25) is 5.02 Å². The first-order chi connectivity index (χ1) is 7.52. The number of Topliss-reactive ketones (excluding diaryl/α,β-unsaturated/α-hetero) is 1. The van der Waals surface area contributed by atoms with Crippen LogP contribution in [0, 0.1) is 0 Å². The topological polar surface area (TPSA) is 52.6 Å². The van der Waals surface area contributed by atoms with E-state index in [2.05, 4.69) is 0 Å². The first-order valence-corrected chi connectivity index (χ1v) is 4.94. The third-order valence-electron chi connectivity index (χ3n) is 1.74. The molecule has 0 bridgehead atoms. The van der Waals surface area contributed by atoms with E-state index in [1.165, 1.54) is 26.2 Å². The molecule has 1 aromatic carbocycles. The van der Waals surface area contributed by atoms with Gasteiger partial charge < -0.3 is 9.47 Å². The van der Waals surface area contributed by atoms with Gasteiger partial charge >= 0.3 is 5.97 Å². The van der Waals surface area contributed by atoms with Gasteiger partial charge in [-0.25, -0.2) is 0 Å². The zero-order chi connectivity index (χ0) is 12.1. The van der Waals surface area contributed by atoms with E-state index >= 15 is 0 Å². The lowest BCUT2D eigenvalue weighted by Crippen LogP contribution is -2.12. The number of benzene rings is 1. The van der Waals surface area contributed by atoms with Gasteiger partial charge in [0.15, 0.2) is 11.5 Å². The van der Waals surface area contributed by atoms with Gasteiger partial charge in [-0.15, -0.1) is 0 Å². The largest absolute Gasteiger partial charge is 0.493 e. The number of hydrogen-bond acceptors (Lipinski definition) is 4. The zero-order valence-corrected chi connectivity index (χ0v) is 9.71. The summed E-state index contributed by atoms with van der Waals surface area (Å²) >= 11 is 5.74. The fraction of sp³-hybridized carbons (Fsp3) is 0.273. The highest BCUT2D eigenvalue weighted by Gasteiger charge is 2.12. The third kappa shape index (κ3) is 3.55. The van der Waals surface area contributed by atoms with Gasteiger partial charge in [0.05, 0.1) is 7.11 Å². The fourth-order valence-electron chi connectivity index (χ4n) is 1.09. The minimum absolute atomic E-state index is 0.248. The molecule has 0 aliphatic carbocycles. The van der Waals surface area contributed by atoms with Crippen LogP contribution >= 0.6 is 11.6 Å². The molecule has 0 aliphatic heterocycles. The fourth-order valence-corrected chi connectivity index (χ4v) is 1.25. The van der Waals surface area contributed by atoms with Gasteiger partial charge in [-0.2, -0.15) is 0 Å². The predicted molar refractivity (Wildman–Crippen MR) is 58.9 cm³/mol. The molecule has 0 amide bonds. The summed E-state index contributed by atoms with van der Waals surface area (Å²) in [5.74, 6) is -0.270. The van der Waals surface area contributed by atoms with Crippen molar-refractivity contribution in [2.45, 2.75) is 13.3 Å². The van der Waals surface area contributed by atoms with Crippen molar-refractivity contribution in [3.8, 4) is 11.5 Å². The maximum atomic E-state index is 11.2. The first-order valence-electron chi connectivity index (χ1n) is 4.56. The van der Waals surface area contributed by atoms with E-state index in [-0.39, 0.29) is 18.0 Å². The van der Waals surface area contributed by atoms with Crippen molar-refractivity contribution in [3.63, 3.8) is 0 Å². The molecule has 1 rings (SSSR count). The van der Waals surface area contributed by atoms with E-state index in [1.54, 1.807) is 6.07 Å². The Balaban J connectivity index is 2.80. The van der Waals surface area contributed by atoms with Crippen molar-refractivity contribution in [3.05, 3.63) is 23.2 Å². The number of hydrogen-bond donors (Lipinski definition) is 0. The molecule has 0 aliphatic rings. The Kier molecular flexibility index (Phi) is 4.31. The van der Waals surface area contributed by atoms with Crippen LogP contribution in [0.1, 0.15) is 13.3 Å². The number of methoxy groups -OCH3 is 1. The van der Waals surface area contributed by atoms with E-state index in [1.807, 2.05) is 0 Å². The maximum absolute atomic E-state index is 11.2. The molecule has 0 saturated heterocycles. The summed E-state index contributed by atoms with van der Waals surface area (Å²) in [6.45, 7) is 1.32. The molecule has 0 N–H and O–H groups in total. The molecule has 16 heavy (non-hydrogen) atoms. The third-order valence-corrected chi connectivity index (χ3v) is 1.98. The van der Waals surface area contributed by atoms with Crippen molar-refractivity contribution in [2.75, 3.05) is 7.11 Å². The van der Waals surface area contributed by atoms with Crippen LogP contribution < -0.4 is 9.47 Å². The second-order valence-electron chi connectivity index (χ2n) is 3.15. The molecule has 0 radical (unpaired) electrons. The highest BCUT2D eigenvalue weighted by molar-refractivity contribution is 6.30. The van der Waals surface area contributed by atoms with E-state index in [0.29, 0.717) is 10.8 Å². The lowest BCUT2D eigenvalue weighted by atomic mass is 10.3. The van der Waals surface area contributed by atoms with Crippen LogP contribution in [0.5, 0.6) is 11.5 Å². The van der Waals surface area contributed by atoms with Crippen LogP contribution in [0.4, 0.5) is 0 Å². The summed E-state index contributed by atoms with van der Waals surface area (Å²) in [6.07, 6.45) is -0.258. The molecule has 0 heterocycles. The van der Waals surface area contributed by atoms with Crippen molar-refractivity contribution >= 4 is 23.4 Å². The number of carbonyl (C=O) groups is 2. The quantitative estimate of drug-likeness (QED) is 0.462. The summed E-state index contributed by atoms with van der Waals surface area (Å²) in [5.41, 5.74) is 0. The minimum atomic E-state index is -0.617. The Morgan fingerprint density at radius 1 is 1.31 bits per heavy atom. The molecule has 0 fully saturated rings. The van der Waals surface area contributed by atoms with Gasteiger partial charge in [0.1, 0.15) is 12.2 Å². The van der Waals surface area contributed by atoms with Gasteiger partial charge in [0.2, 0.25) is 0 Å². The molecule has 5 heteroatoms. The SMILES string of the molecule is COc1cc(Cl)ccc1OC(=O)CC(C)=O. The molecule has 86 valence electrons. The number of rotatable bonds is 4. The Bertz CT molecular complexity index is 414. The van der Waals surface area contributed by atoms with Gasteiger partial charge in [0.25, 0.3) is 0 Å². The molecule has 4 nitrogen and oxygen atoms in total. The maximum Gasteiger partial charge on any atom is 0.318 e. The normalized spacial score (nSPS) is 9.69. The lowest BCUT2D eigenvalue weighted by Gasteiger charge is -2.08. The number of ketones is 1. The highest BCUT2D eigenvalue weighted by atomic mass is 35.5. The van der Waals surface area contributed by atoms with E-state index < -0.39 is 5.97 Å². The second kappa shape index (κ2) is 5.51. The molecular weight excluding hydrogens is 232 g/mol. The first kappa shape index (κ1) is 12.5. The summed E-state index contributed by atoms with van der Waals surface area (Å²) < 4.78 is 9.94. The molecular formula is C11H11ClO4. The van der Waals surface area contributed by atoms with Crippen molar-refractivity contribution in [2.24, 2.45) is 0 Å². The van der Waals surface area contributed by atoms with Crippen LogP contribution in [0.25, 0.3) is 0 Å². The Hall–Kier alpha value is -1.55. The van der Waals surface area contributed by atoms with Crippen LogP contribution in [0.3, 0.4) is 0 Å². The van der Waals surface area contributed by atoms with Crippen LogP contribution in [-0.2, 0) is 9.59 Å². The summed E-state index contributed by atoms with van der Waals surface area (Å²) in [7, 11) is 1.44. The molecule has 0 atom stereocenters. The summed E-state index contributed by atoms with van der Waals surface area (Å²) in [6, 6.07) is 4.61. The van der Waals surface area contributed by atoms with E-state index in [0.717, 1.165) is 0 Å². The standard InChI is InChI=1S/C11H11ClO4/c1-7(13)5-11(14)16-9-4-3-8(12)6-10(9)15-2/h3-4,6H,5H2,1-2H3. The Labute approximate surface area is 98.1 Å². The average Bonchev–Trinajstić information content (AvgIpc) is 2.19. The summed E-state index contributed by atoms with van der Waals surface area (Å²) in [5, 5.41) is 0.475. The van der Waals surface area contributed by atoms with Gasteiger partial charge in [-0.05, 0) is 19.1 Å². The average molecular weight is 243 g/mol. The number of halogens is 1. The molecule has 1 aromatic rings. The molecule has 0 aromatic heterocycles. The van der Waals surface area contributed by atoms with E-state index in [9.17, 15) is 9.59 Å². The van der Waals surface area contributed by atoms with Crippen molar-refractivity contribution in [1.29, 1.82) is 0 Å². The van der Waals surface area contributed by atoms with E-state index in [4.69, 9.17) is 21.1 Å². The number of esters is 1. The van der Waals surface area contributed by atoms with Crippen LogP contribution in [-0.4, -0.2) is 18.9 Å². The van der Waals surface area contributed by atoms with Gasteiger partial charge in [0, 0.05) is 11.1 Å². The minimum Gasteiger partial charge on any atom is -0.493 e. The van der Waals surface area contributed by atoms with Gasteiger partial charge in [-0.1, -0.05) is 11.6 Å². The van der Waals surface area contributed by atoms with Gasteiger partial charge in [-0.3, -0.25) is 9.59 Å². The van der Waals surface area contributed by atoms with Crippen molar-refractivity contribution in [1.82, 2.24) is 0 Å². The lowest BCUT2D eigenvalue weighted by molar-refractivity contribution is -0.137. The molecule has 0 spiro atoms.